The van der Waals surface area contributed by atoms with Crippen molar-refractivity contribution in [3.05, 3.63) is 59.4 Å². The molecule has 8 heteroatoms. The number of nitrogens with one attached hydrogen (secondary N) is 1. The number of aromatic nitrogens is 2. The van der Waals surface area contributed by atoms with Crippen molar-refractivity contribution in [3.8, 4) is 16.3 Å². The Morgan fingerprint density at radius 3 is 3.00 bits per heavy atom. The Bertz CT molecular complexity index is 1070. The summed E-state index contributed by atoms with van der Waals surface area (Å²) < 4.78 is 5.39. The van der Waals surface area contributed by atoms with Gasteiger partial charge in [-0.2, -0.15) is 0 Å². The molecule has 154 valence electrons. The highest BCUT2D eigenvalue weighted by atomic mass is 32.1. The number of rotatable bonds is 6. The molecule has 1 aliphatic rings. The molecule has 1 aliphatic heterocycles. The van der Waals surface area contributed by atoms with Crippen molar-refractivity contribution in [2.24, 2.45) is 5.92 Å². The first-order chi connectivity index (χ1) is 14.5. The molecular formula is C22H22N4O3S. The summed E-state index contributed by atoms with van der Waals surface area (Å²) in [6.07, 6.45) is 3.66. The molecule has 3 aromatic rings. The summed E-state index contributed by atoms with van der Waals surface area (Å²) in [5, 5.41) is 5.70. The van der Waals surface area contributed by atoms with E-state index in [9.17, 15) is 9.59 Å². The lowest BCUT2D eigenvalue weighted by Crippen LogP contribution is -2.32. The molecule has 1 saturated heterocycles. The molecule has 2 aromatic heterocycles. The van der Waals surface area contributed by atoms with Crippen molar-refractivity contribution in [3.63, 3.8) is 0 Å². The van der Waals surface area contributed by atoms with Gasteiger partial charge in [-0.05, 0) is 36.8 Å². The van der Waals surface area contributed by atoms with Gasteiger partial charge in [0.15, 0.2) is 0 Å². The van der Waals surface area contributed by atoms with Gasteiger partial charge in [-0.25, -0.2) is 4.98 Å². The minimum atomic E-state index is -0.404. The van der Waals surface area contributed by atoms with Gasteiger partial charge < -0.3 is 15.0 Å². The number of methoxy groups -OCH3 is 1. The second-order valence-electron chi connectivity index (χ2n) is 7.18. The highest BCUT2D eigenvalue weighted by Gasteiger charge is 2.36. The molecule has 30 heavy (non-hydrogen) atoms. The third kappa shape index (κ3) is 4.18. The highest BCUT2D eigenvalue weighted by Crippen LogP contribution is 2.34. The van der Waals surface area contributed by atoms with E-state index in [2.05, 4.69) is 15.3 Å². The van der Waals surface area contributed by atoms with E-state index >= 15 is 0 Å². The van der Waals surface area contributed by atoms with Crippen LogP contribution in [0.5, 0.6) is 5.75 Å². The minimum Gasteiger partial charge on any atom is -0.495 e. The summed E-state index contributed by atoms with van der Waals surface area (Å²) in [7, 11) is 1.58. The van der Waals surface area contributed by atoms with Crippen LogP contribution in [0.4, 0.5) is 5.69 Å². The number of ether oxygens (including phenoxy) is 1. The topological polar surface area (TPSA) is 84.4 Å². The quantitative estimate of drug-likeness (QED) is 0.660. The molecular weight excluding hydrogens is 400 g/mol. The van der Waals surface area contributed by atoms with Crippen LogP contribution in [0.1, 0.15) is 17.7 Å². The van der Waals surface area contributed by atoms with Crippen molar-refractivity contribution in [2.45, 2.75) is 19.9 Å². The summed E-state index contributed by atoms with van der Waals surface area (Å²) in [4.78, 5) is 35.6. The van der Waals surface area contributed by atoms with Crippen LogP contribution in [0.15, 0.2) is 48.1 Å². The fourth-order valence-electron chi connectivity index (χ4n) is 3.46. The van der Waals surface area contributed by atoms with Gasteiger partial charge in [0.2, 0.25) is 11.8 Å². The predicted molar refractivity (Wildman–Crippen MR) is 115 cm³/mol. The number of carbonyl (C=O) groups excluding carboxylic acids is 2. The summed E-state index contributed by atoms with van der Waals surface area (Å²) in [6.45, 7) is 2.62. The van der Waals surface area contributed by atoms with E-state index in [-0.39, 0.29) is 18.2 Å². The van der Waals surface area contributed by atoms with Crippen molar-refractivity contribution < 1.29 is 14.3 Å². The number of benzene rings is 1. The predicted octanol–water partition coefficient (Wildman–Crippen LogP) is 3.19. The Labute approximate surface area is 178 Å². The lowest BCUT2D eigenvalue weighted by Gasteiger charge is -2.20. The number of pyridine rings is 1. The number of hydrogen-bond donors (Lipinski definition) is 1. The van der Waals surface area contributed by atoms with Crippen molar-refractivity contribution in [2.75, 3.05) is 18.6 Å². The first-order valence-corrected chi connectivity index (χ1v) is 10.5. The summed E-state index contributed by atoms with van der Waals surface area (Å²) in [6, 6.07) is 9.50. The largest absolute Gasteiger partial charge is 0.495 e. The van der Waals surface area contributed by atoms with E-state index in [1.165, 1.54) is 11.3 Å². The molecule has 1 atom stereocenters. The molecule has 4 rings (SSSR count). The highest BCUT2D eigenvalue weighted by molar-refractivity contribution is 7.13. The molecule has 0 radical (unpaired) electrons. The summed E-state index contributed by atoms with van der Waals surface area (Å²) >= 11 is 1.51. The molecule has 0 aliphatic carbocycles. The third-order valence-electron chi connectivity index (χ3n) is 5.02. The zero-order valence-electron chi connectivity index (χ0n) is 16.8. The zero-order valence-corrected chi connectivity index (χ0v) is 17.6. The van der Waals surface area contributed by atoms with E-state index < -0.39 is 5.92 Å². The van der Waals surface area contributed by atoms with E-state index in [0.29, 0.717) is 24.5 Å². The molecule has 3 heterocycles. The van der Waals surface area contributed by atoms with Gasteiger partial charge >= 0.3 is 0 Å². The summed E-state index contributed by atoms with van der Waals surface area (Å²) in [5.74, 6) is -0.000435. The fourth-order valence-corrected chi connectivity index (χ4v) is 4.27. The fraction of sp³-hybridized carbons (Fsp3) is 0.273. The molecule has 1 N–H and O–H groups in total. The van der Waals surface area contributed by atoms with Crippen LogP contribution >= 0.6 is 11.3 Å². The average Bonchev–Trinajstić information content (AvgIpc) is 3.39. The zero-order chi connectivity index (χ0) is 21.1. The second kappa shape index (κ2) is 8.62. The second-order valence-corrected chi connectivity index (χ2v) is 8.04. The van der Waals surface area contributed by atoms with Crippen LogP contribution in [0.2, 0.25) is 0 Å². The van der Waals surface area contributed by atoms with E-state index in [4.69, 9.17) is 4.74 Å². The Balaban J connectivity index is 1.39. The van der Waals surface area contributed by atoms with E-state index in [1.807, 2.05) is 42.6 Å². The maximum atomic E-state index is 12.7. The van der Waals surface area contributed by atoms with Crippen LogP contribution in [0.3, 0.4) is 0 Å². The number of hydrogen-bond acceptors (Lipinski definition) is 6. The molecule has 1 unspecified atom stereocenters. The van der Waals surface area contributed by atoms with Gasteiger partial charge in [-0.3, -0.25) is 14.6 Å². The van der Waals surface area contributed by atoms with Crippen LogP contribution < -0.4 is 15.0 Å². The van der Waals surface area contributed by atoms with Crippen molar-refractivity contribution in [1.29, 1.82) is 0 Å². The number of aryl methyl sites for hydroxylation is 1. The Morgan fingerprint density at radius 1 is 1.37 bits per heavy atom. The van der Waals surface area contributed by atoms with Crippen LogP contribution in [0, 0.1) is 12.8 Å². The van der Waals surface area contributed by atoms with Gasteiger partial charge in [0.25, 0.3) is 0 Å². The Hall–Kier alpha value is -3.26. The first-order valence-electron chi connectivity index (χ1n) is 9.62. The number of nitrogens with zero attached hydrogens (tertiary/aromatic N) is 3. The normalized spacial score (nSPS) is 16.0. The van der Waals surface area contributed by atoms with E-state index in [1.54, 1.807) is 24.4 Å². The van der Waals surface area contributed by atoms with Crippen molar-refractivity contribution >= 4 is 28.8 Å². The monoisotopic (exact) mass is 422 g/mol. The van der Waals surface area contributed by atoms with Crippen molar-refractivity contribution in [1.82, 2.24) is 15.3 Å². The van der Waals surface area contributed by atoms with Gasteiger partial charge in [-0.1, -0.05) is 6.07 Å². The first kappa shape index (κ1) is 20.0. The molecule has 7 nitrogen and oxygen atoms in total. The van der Waals surface area contributed by atoms with Gasteiger partial charge in [0.05, 0.1) is 31.0 Å². The molecule has 0 saturated carbocycles. The lowest BCUT2D eigenvalue weighted by molar-refractivity contribution is -0.126. The van der Waals surface area contributed by atoms with Crippen LogP contribution in [0.25, 0.3) is 10.6 Å². The minimum absolute atomic E-state index is 0.0772. The number of amides is 2. The SMILES string of the molecule is COc1ccc(C)cc1N1CC(C(=O)NCc2csc(-c3cccnc3)n2)CC1=O. The molecule has 0 bridgehead atoms. The summed E-state index contributed by atoms with van der Waals surface area (Å²) in [5.41, 5.74) is 3.47. The maximum absolute atomic E-state index is 12.7. The maximum Gasteiger partial charge on any atom is 0.227 e. The van der Waals surface area contributed by atoms with Gasteiger partial charge in [-0.15, -0.1) is 11.3 Å². The Morgan fingerprint density at radius 2 is 2.23 bits per heavy atom. The molecule has 1 aromatic carbocycles. The molecule has 0 spiro atoms. The number of thiazole rings is 1. The lowest BCUT2D eigenvalue weighted by atomic mass is 10.1. The molecule has 2 amide bonds. The van der Waals surface area contributed by atoms with Gasteiger partial charge in [0, 0.05) is 36.3 Å². The van der Waals surface area contributed by atoms with E-state index in [0.717, 1.165) is 21.8 Å². The van der Waals surface area contributed by atoms with Gasteiger partial charge in [0.1, 0.15) is 10.8 Å². The standard InChI is InChI=1S/C22H22N4O3S/c1-14-5-6-19(29-2)18(8-14)26-12-16(9-20(26)27)21(28)24-11-17-13-30-22(25-17)15-4-3-7-23-10-15/h3-8,10,13,16H,9,11-12H2,1-2H3,(H,24,28). The number of carbonyl (C=O) groups is 2. The average molecular weight is 423 g/mol. The molecule has 1 fully saturated rings. The third-order valence-corrected chi connectivity index (χ3v) is 5.97. The number of anilines is 1. The van der Waals surface area contributed by atoms with Crippen LogP contribution in [-0.4, -0.2) is 35.4 Å². The smallest absolute Gasteiger partial charge is 0.227 e. The van der Waals surface area contributed by atoms with Crippen LogP contribution in [-0.2, 0) is 16.1 Å². The Kier molecular flexibility index (Phi) is 5.76.